The average molecular weight is 288 g/mol. The molecule has 0 fully saturated rings. The maximum atomic E-state index is 12.1. The molecule has 0 spiro atoms. The Morgan fingerprint density at radius 1 is 1.35 bits per heavy atom. The van der Waals surface area contributed by atoms with Crippen LogP contribution in [0.3, 0.4) is 0 Å². The molecule has 0 aromatic carbocycles. The van der Waals surface area contributed by atoms with Gasteiger partial charge in [-0.15, -0.1) is 10.2 Å². The van der Waals surface area contributed by atoms with Gasteiger partial charge >= 0.3 is 6.18 Å². The van der Waals surface area contributed by atoms with Gasteiger partial charge in [0.05, 0.1) is 13.5 Å². The van der Waals surface area contributed by atoms with Crippen molar-refractivity contribution in [2.75, 3.05) is 7.11 Å². The van der Waals surface area contributed by atoms with Crippen LogP contribution in [0, 0.1) is 0 Å². The number of Topliss-reactive ketones (excluding diaryl/α,β-unsaturated/α-hetero) is 1. The Morgan fingerprint density at radius 2 is 2.10 bits per heavy atom. The van der Waals surface area contributed by atoms with Crippen molar-refractivity contribution in [3.63, 3.8) is 0 Å². The summed E-state index contributed by atoms with van der Waals surface area (Å²) in [5.41, 5.74) is 0.181. The summed E-state index contributed by atoms with van der Waals surface area (Å²) in [6, 6.07) is 2.92. The highest BCUT2D eigenvalue weighted by Crippen LogP contribution is 2.19. The zero-order valence-corrected chi connectivity index (χ0v) is 10.0. The van der Waals surface area contributed by atoms with E-state index in [1.165, 1.54) is 19.2 Å². The van der Waals surface area contributed by atoms with E-state index in [4.69, 9.17) is 4.74 Å². The number of halogens is 3. The minimum atomic E-state index is -4.94. The van der Waals surface area contributed by atoms with E-state index in [9.17, 15) is 18.0 Å². The Hall–Kier alpha value is -2.52. The Morgan fingerprint density at radius 3 is 2.65 bits per heavy atom. The van der Waals surface area contributed by atoms with Crippen LogP contribution in [0.2, 0.25) is 0 Å². The molecule has 10 heteroatoms. The number of methoxy groups -OCH3 is 1. The molecule has 0 saturated heterocycles. The third-order valence-corrected chi connectivity index (χ3v) is 2.17. The molecule has 2 rings (SSSR count). The molecule has 20 heavy (non-hydrogen) atoms. The van der Waals surface area contributed by atoms with Crippen molar-refractivity contribution in [1.82, 2.24) is 20.3 Å². The first-order valence-electron chi connectivity index (χ1n) is 5.21. The minimum absolute atomic E-state index is 0.0647. The number of alkyl halides is 3. The summed E-state index contributed by atoms with van der Waals surface area (Å²) in [7, 11) is 1.40. The molecule has 0 saturated carbocycles. The molecule has 7 nitrogen and oxygen atoms in total. The van der Waals surface area contributed by atoms with Crippen LogP contribution in [0.25, 0.3) is 11.5 Å². The summed E-state index contributed by atoms with van der Waals surface area (Å²) in [6.07, 6.45) is -5.95. The number of carbonyl (C=O) groups is 1. The molecule has 0 aliphatic rings. The fourth-order valence-electron chi connectivity index (χ4n) is 1.22. The highest BCUT2D eigenvalue weighted by atomic mass is 19.4. The fourth-order valence-corrected chi connectivity index (χ4v) is 1.22. The van der Waals surface area contributed by atoms with E-state index in [1.54, 1.807) is 0 Å². The van der Waals surface area contributed by atoms with Gasteiger partial charge in [-0.1, -0.05) is 5.16 Å². The van der Waals surface area contributed by atoms with Gasteiger partial charge in [0.25, 0.3) is 0 Å². The number of hydrogen-bond acceptors (Lipinski definition) is 7. The van der Waals surface area contributed by atoms with E-state index >= 15 is 0 Å². The lowest BCUT2D eigenvalue weighted by molar-refractivity contribution is -0.170. The third kappa shape index (κ3) is 3.08. The number of carbonyl (C=O) groups excluding carboxylic acids is 1. The quantitative estimate of drug-likeness (QED) is 0.834. The summed E-state index contributed by atoms with van der Waals surface area (Å²) in [6.45, 7) is 0. The Bertz CT molecular complexity index is 609. The molecule has 0 N–H and O–H groups in total. The predicted octanol–water partition coefficient (Wildman–Crippen LogP) is 1.21. The second-order valence-electron chi connectivity index (χ2n) is 3.57. The second-order valence-corrected chi connectivity index (χ2v) is 3.57. The van der Waals surface area contributed by atoms with E-state index in [2.05, 4.69) is 24.9 Å². The molecule has 2 aromatic heterocycles. The van der Waals surface area contributed by atoms with Crippen molar-refractivity contribution in [3.8, 4) is 17.4 Å². The first-order chi connectivity index (χ1) is 9.40. The first kappa shape index (κ1) is 13.9. The summed E-state index contributed by atoms with van der Waals surface area (Å²) in [5.74, 6) is -2.22. The van der Waals surface area contributed by atoms with Crippen molar-refractivity contribution in [2.24, 2.45) is 0 Å². The summed E-state index contributed by atoms with van der Waals surface area (Å²) >= 11 is 0. The molecule has 0 atom stereocenters. The van der Waals surface area contributed by atoms with Crippen LogP contribution in [0.1, 0.15) is 5.89 Å². The van der Waals surface area contributed by atoms with Gasteiger partial charge in [0.15, 0.2) is 0 Å². The standard InChI is InChI=1S/C10H7F3N4O3/c1-19-7-3-2-5(15-16-7)9-14-8(20-17-9)4-6(18)10(11,12)13/h2-3H,4H2,1H3. The third-order valence-electron chi connectivity index (χ3n) is 2.17. The number of hydrogen-bond donors (Lipinski definition) is 0. The van der Waals surface area contributed by atoms with Crippen LogP contribution in [0.5, 0.6) is 5.88 Å². The van der Waals surface area contributed by atoms with Gasteiger partial charge in [0.2, 0.25) is 23.4 Å². The molecule has 0 radical (unpaired) electrons. The van der Waals surface area contributed by atoms with Crippen molar-refractivity contribution < 1.29 is 27.2 Å². The summed E-state index contributed by atoms with van der Waals surface area (Å²) in [4.78, 5) is 14.4. The first-order valence-corrected chi connectivity index (χ1v) is 5.21. The SMILES string of the molecule is COc1ccc(-c2noc(CC(=O)C(F)(F)F)n2)nn1. The molecule has 0 unspecified atom stereocenters. The van der Waals surface area contributed by atoms with Crippen molar-refractivity contribution in [3.05, 3.63) is 18.0 Å². The molecular weight excluding hydrogens is 281 g/mol. The van der Waals surface area contributed by atoms with Gasteiger partial charge in [-0.3, -0.25) is 4.79 Å². The van der Waals surface area contributed by atoms with Gasteiger partial charge in [-0.25, -0.2) is 0 Å². The average Bonchev–Trinajstić information content (AvgIpc) is 2.86. The van der Waals surface area contributed by atoms with Crippen LogP contribution in [0.15, 0.2) is 16.7 Å². The van der Waals surface area contributed by atoms with Gasteiger partial charge in [-0.05, 0) is 6.07 Å². The predicted molar refractivity (Wildman–Crippen MR) is 56.6 cm³/mol. The maximum absolute atomic E-state index is 12.1. The van der Waals surface area contributed by atoms with Crippen molar-refractivity contribution in [1.29, 1.82) is 0 Å². The van der Waals surface area contributed by atoms with Gasteiger partial charge in [0.1, 0.15) is 5.69 Å². The summed E-state index contributed by atoms with van der Waals surface area (Å²) < 4.78 is 45.6. The summed E-state index contributed by atoms with van der Waals surface area (Å²) in [5, 5.41) is 10.8. The van der Waals surface area contributed by atoms with E-state index < -0.39 is 24.3 Å². The second kappa shape index (κ2) is 5.23. The maximum Gasteiger partial charge on any atom is 0.450 e. The lowest BCUT2D eigenvalue weighted by Crippen LogP contribution is -2.24. The molecule has 0 aliphatic carbocycles. The fraction of sp³-hybridized carbons (Fsp3) is 0.300. The highest BCUT2D eigenvalue weighted by Gasteiger charge is 2.39. The molecule has 0 aliphatic heterocycles. The zero-order valence-electron chi connectivity index (χ0n) is 10.0. The molecule has 106 valence electrons. The molecule has 0 amide bonds. The zero-order chi connectivity index (χ0) is 14.8. The lowest BCUT2D eigenvalue weighted by Gasteiger charge is -2.00. The highest BCUT2D eigenvalue weighted by molar-refractivity contribution is 5.85. The van der Waals surface area contributed by atoms with Gasteiger partial charge in [-0.2, -0.15) is 18.2 Å². The van der Waals surface area contributed by atoms with E-state index in [0.29, 0.717) is 0 Å². The van der Waals surface area contributed by atoms with Crippen LogP contribution < -0.4 is 4.74 Å². The number of aromatic nitrogens is 4. The monoisotopic (exact) mass is 288 g/mol. The largest absolute Gasteiger partial charge is 0.480 e. The number of ketones is 1. The smallest absolute Gasteiger partial charge is 0.450 e. The van der Waals surface area contributed by atoms with Crippen molar-refractivity contribution in [2.45, 2.75) is 12.6 Å². The van der Waals surface area contributed by atoms with Crippen LogP contribution >= 0.6 is 0 Å². The normalized spacial score (nSPS) is 11.4. The molecule has 0 bridgehead atoms. The van der Waals surface area contributed by atoms with E-state index in [1.807, 2.05) is 0 Å². The number of ether oxygens (including phenoxy) is 1. The van der Waals surface area contributed by atoms with Gasteiger partial charge < -0.3 is 9.26 Å². The van der Waals surface area contributed by atoms with Crippen LogP contribution in [-0.2, 0) is 11.2 Å². The Labute approximate surface area is 109 Å². The minimum Gasteiger partial charge on any atom is -0.480 e. The van der Waals surface area contributed by atoms with Gasteiger partial charge in [0, 0.05) is 6.07 Å². The lowest BCUT2D eigenvalue weighted by atomic mass is 10.3. The van der Waals surface area contributed by atoms with Crippen LogP contribution in [0.4, 0.5) is 13.2 Å². The Kier molecular flexibility index (Phi) is 3.63. The number of rotatable bonds is 4. The molecule has 2 aromatic rings. The Balaban J connectivity index is 2.14. The van der Waals surface area contributed by atoms with E-state index in [0.717, 1.165) is 0 Å². The molecular formula is C10H7F3N4O3. The van der Waals surface area contributed by atoms with Crippen molar-refractivity contribution >= 4 is 5.78 Å². The van der Waals surface area contributed by atoms with E-state index in [-0.39, 0.29) is 17.4 Å². The van der Waals surface area contributed by atoms with Crippen LogP contribution in [-0.4, -0.2) is 39.4 Å². The number of nitrogens with zero attached hydrogens (tertiary/aromatic N) is 4. The molecule has 2 heterocycles. The topological polar surface area (TPSA) is 91.0 Å².